The second-order valence-corrected chi connectivity index (χ2v) is 4.74. The lowest BCUT2D eigenvalue weighted by molar-refractivity contribution is 0.102. The average molecular weight is 287 g/mol. The molecule has 20 heavy (non-hydrogen) atoms. The molecule has 0 saturated carbocycles. The van der Waals surface area contributed by atoms with Gasteiger partial charge in [0.15, 0.2) is 5.82 Å². The van der Waals surface area contributed by atoms with Gasteiger partial charge in [0.25, 0.3) is 5.91 Å². The summed E-state index contributed by atoms with van der Waals surface area (Å²) in [6.45, 7) is 0. The van der Waals surface area contributed by atoms with Gasteiger partial charge in [-0.25, -0.2) is 0 Å². The zero-order valence-corrected chi connectivity index (χ0v) is 11.1. The van der Waals surface area contributed by atoms with Crippen molar-refractivity contribution < 1.29 is 4.79 Å². The number of nitrogens with one attached hydrogen (secondary N) is 2. The van der Waals surface area contributed by atoms with E-state index in [0.29, 0.717) is 22.1 Å². The normalized spacial score (nSPS) is 10.7. The molecule has 0 aliphatic heterocycles. The number of halogens is 1. The second-order valence-electron chi connectivity index (χ2n) is 4.30. The molecule has 2 aromatic carbocycles. The lowest BCUT2D eigenvalue weighted by atomic mass is 10.1. The van der Waals surface area contributed by atoms with Crippen LogP contribution in [0.15, 0.2) is 42.5 Å². The maximum Gasteiger partial charge on any atom is 0.259 e. The number of para-hydroxylation sites is 1. The molecule has 0 spiro atoms. The Labute approximate surface area is 119 Å². The van der Waals surface area contributed by atoms with Crippen molar-refractivity contribution in [1.82, 2.24) is 10.2 Å². The number of hydrogen-bond acceptors (Lipinski definition) is 3. The third kappa shape index (κ3) is 2.19. The van der Waals surface area contributed by atoms with Gasteiger partial charge in [-0.1, -0.05) is 23.7 Å². The standard InChI is InChI=1S/C14H11ClN4O/c15-8-5-6-11(16)10(7-8)14(20)17-13-9-3-1-2-4-12(9)18-19-13/h1-7H,16H2,(H2,17,18,19,20). The van der Waals surface area contributed by atoms with Crippen molar-refractivity contribution in [2.75, 3.05) is 11.1 Å². The highest BCUT2D eigenvalue weighted by molar-refractivity contribution is 6.31. The third-order valence-corrected chi connectivity index (χ3v) is 3.20. The number of H-pyrrole nitrogens is 1. The molecular weight excluding hydrogens is 276 g/mol. The summed E-state index contributed by atoms with van der Waals surface area (Å²) in [4.78, 5) is 12.2. The molecule has 0 aliphatic carbocycles. The van der Waals surface area contributed by atoms with E-state index in [1.807, 2.05) is 24.3 Å². The van der Waals surface area contributed by atoms with Gasteiger partial charge < -0.3 is 11.1 Å². The van der Waals surface area contributed by atoms with Crippen molar-refractivity contribution in [3.8, 4) is 0 Å². The van der Waals surface area contributed by atoms with E-state index in [0.717, 1.165) is 10.9 Å². The number of fused-ring (bicyclic) bond motifs is 1. The summed E-state index contributed by atoms with van der Waals surface area (Å²) in [5.74, 6) is 0.118. The van der Waals surface area contributed by atoms with Gasteiger partial charge in [-0.05, 0) is 30.3 Å². The average Bonchev–Trinajstić information content (AvgIpc) is 2.85. The zero-order chi connectivity index (χ0) is 14.1. The van der Waals surface area contributed by atoms with Crippen molar-refractivity contribution in [2.45, 2.75) is 0 Å². The van der Waals surface area contributed by atoms with E-state index in [-0.39, 0.29) is 5.91 Å². The molecular formula is C14H11ClN4O. The second kappa shape index (κ2) is 4.86. The summed E-state index contributed by atoms with van der Waals surface area (Å²) < 4.78 is 0. The fourth-order valence-corrected chi connectivity index (χ4v) is 2.13. The molecule has 0 radical (unpaired) electrons. The first-order valence-corrected chi connectivity index (χ1v) is 6.32. The molecule has 5 nitrogen and oxygen atoms in total. The predicted molar refractivity (Wildman–Crippen MR) is 79.9 cm³/mol. The molecule has 1 aromatic heterocycles. The van der Waals surface area contributed by atoms with E-state index in [4.69, 9.17) is 17.3 Å². The quantitative estimate of drug-likeness (QED) is 0.633. The van der Waals surface area contributed by atoms with Gasteiger partial charge in [0.05, 0.1) is 11.1 Å². The van der Waals surface area contributed by atoms with Gasteiger partial charge in [0, 0.05) is 16.1 Å². The Morgan fingerprint density at radius 3 is 2.90 bits per heavy atom. The van der Waals surface area contributed by atoms with Crippen LogP contribution in [0.5, 0.6) is 0 Å². The minimum atomic E-state index is -0.345. The molecule has 3 aromatic rings. The maximum absolute atomic E-state index is 12.2. The Morgan fingerprint density at radius 2 is 2.05 bits per heavy atom. The first kappa shape index (κ1) is 12.5. The molecule has 0 saturated heterocycles. The molecule has 100 valence electrons. The Kier molecular flexibility index (Phi) is 3.04. The molecule has 1 heterocycles. The highest BCUT2D eigenvalue weighted by Crippen LogP contribution is 2.22. The van der Waals surface area contributed by atoms with Crippen LogP contribution in [0.2, 0.25) is 5.02 Å². The Morgan fingerprint density at radius 1 is 1.25 bits per heavy atom. The molecule has 0 atom stereocenters. The smallest absolute Gasteiger partial charge is 0.259 e. The predicted octanol–water partition coefficient (Wildman–Crippen LogP) is 3.05. The van der Waals surface area contributed by atoms with Crippen LogP contribution in [-0.4, -0.2) is 16.1 Å². The van der Waals surface area contributed by atoms with E-state index in [9.17, 15) is 4.79 Å². The first-order valence-electron chi connectivity index (χ1n) is 5.94. The molecule has 4 N–H and O–H groups in total. The van der Waals surface area contributed by atoms with E-state index in [2.05, 4.69) is 15.5 Å². The highest BCUT2D eigenvalue weighted by Gasteiger charge is 2.13. The number of aromatic amines is 1. The number of benzene rings is 2. The van der Waals surface area contributed by atoms with Gasteiger partial charge in [-0.15, -0.1) is 0 Å². The fraction of sp³-hybridized carbons (Fsp3) is 0. The number of amides is 1. The van der Waals surface area contributed by atoms with Crippen LogP contribution >= 0.6 is 11.6 Å². The number of aromatic nitrogens is 2. The Balaban J connectivity index is 1.94. The van der Waals surface area contributed by atoms with E-state index in [1.165, 1.54) is 6.07 Å². The van der Waals surface area contributed by atoms with Crippen LogP contribution in [-0.2, 0) is 0 Å². The monoisotopic (exact) mass is 286 g/mol. The summed E-state index contributed by atoms with van der Waals surface area (Å²) in [5.41, 5.74) is 7.32. The van der Waals surface area contributed by atoms with E-state index in [1.54, 1.807) is 12.1 Å². The summed E-state index contributed by atoms with van der Waals surface area (Å²) in [7, 11) is 0. The summed E-state index contributed by atoms with van der Waals surface area (Å²) in [6.07, 6.45) is 0. The third-order valence-electron chi connectivity index (χ3n) is 2.96. The zero-order valence-electron chi connectivity index (χ0n) is 10.4. The molecule has 1 amide bonds. The summed E-state index contributed by atoms with van der Waals surface area (Å²) in [6, 6.07) is 12.3. The van der Waals surface area contributed by atoms with Crippen molar-refractivity contribution >= 4 is 39.9 Å². The van der Waals surface area contributed by atoms with Crippen molar-refractivity contribution in [3.05, 3.63) is 53.1 Å². The van der Waals surface area contributed by atoms with Gasteiger partial charge in [0.1, 0.15) is 0 Å². The number of carbonyl (C=O) groups is 1. The highest BCUT2D eigenvalue weighted by atomic mass is 35.5. The molecule has 0 bridgehead atoms. The minimum Gasteiger partial charge on any atom is -0.398 e. The van der Waals surface area contributed by atoms with Crippen LogP contribution in [0, 0.1) is 0 Å². The SMILES string of the molecule is Nc1ccc(Cl)cc1C(=O)Nc1n[nH]c2ccccc12. The summed E-state index contributed by atoms with van der Waals surface area (Å²) in [5, 5.41) is 10.9. The van der Waals surface area contributed by atoms with Gasteiger partial charge in [0.2, 0.25) is 0 Å². The van der Waals surface area contributed by atoms with Crippen LogP contribution in [0.4, 0.5) is 11.5 Å². The molecule has 0 unspecified atom stereocenters. The van der Waals surface area contributed by atoms with Crippen LogP contribution in [0.3, 0.4) is 0 Å². The minimum absolute atomic E-state index is 0.324. The van der Waals surface area contributed by atoms with E-state index < -0.39 is 0 Å². The molecule has 6 heteroatoms. The van der Waals surface area contributed by atoms with Gasteiger partial charge >= 0.3 is 0 Å². The van der Waals surface area contributed by atoms with Crippen molar-refractivity contribution in [3.63, 3.8) is 0 Å². The number of carbonyl (C=O) groups excluding carboxylic acids is 1. The fourth-order valence-electron chi connectivity index (χ4n) is 1.96. The molecule has 3 rings (SSSR count). The molecule has 0 aliphatic rings. The van der Waals surface area contributed by atoms with Crippen LogP contribution in [0.1, 0.15) is 10.4 Å². The topological polar surface area (TPSA) is 83.8 Å². The van der Waals surface area contributed by atoms with Crippen molar-refractivity contribution in [1.29, 1.82) is 0 Å². The number of rotatable bonds is 2. The van der Waals surface area contributed by atoms with Crippen LogP contribution < -0.4 is 11.1 Å². The van der Waals surface area contributed by atoms with Crippen molar-refractivity contribution in [2.24, 2.45) is 0 Å². The van der Waals surface area contributed by atoms with Gasteiger partial charge in [-0.2, -0.15) is 5.10 Å². The lowest BCUT2D eigenvalue weighted by Gasteiger charge is -2.06. The first-order chi connectivity index (χ1) is 9.65. The van der Waals surface area contributed by atoms with Gasteiger partial charge in [-0.3, -0.25) is 9.89 Å². The largest absolute Gasteiger partial charge is 0.398 e. The number of nitrogens with zero attached hydrogens (tertiary/aromatic N) is 1. The summed E-state index contributed by atoms with van der Waals surface area (Å²) >= 11 is 5.88. The Hall–Kier alpha value is -2.53. The number of anilines is 2. The number of nitrogen functional groups attached to an aromatic ring is 1. The Bertz CT molecular complexity index is 797. The van der Waals surface area contributed by atoms with E-state index >= 15 is 0 Å². The number of hydrogen-bond donors (Lipinski definition) is 3. The van der Waals surface area contributed by atoms with Crippen LogP contribution in [0.25, 0.3) is 10.9 Å². The lowest BCUT2D eigenvalue weighted by Crippen LogP contribution is -2.14. The molecule has 0 fully saturated rings. The number of nitrogens with two attached hydrogens (primary N) is 1. The maximum atomic E-state index is 12.2.